The zero-order valence-corrected chi connectivity index (χ0v) is 13.8. The Morgan fingerprint density at radius 2 is 1.68 bits per heavy atom. The molecular formula is C15H22O6S. The molecule has 1 heterocycles. The molecule has 1 aromatic carbocycles. The quantitative estimate of drug-likeness (QED) is 0.709. The van der Waals surface area contributed by atoms with Crippen molar-refractivity contribution in [3.8, 4) is 0 Å². The van der Waals surface area contributed by atoms with Gasteiger partial charge in [0.15, 0.2) is 5.79 Å². The summed E-state index contributed by atoms with van der Waals surface area (Å²) in [4.78, 5) is 0. The lowest BCUT2D eigenvalue weighted by molar-refractivity contribution is -0.152. The van der Waals surface area contributed by atoms with Crippen molar-refractivity contribution in [3.05, 3.63) is 35.9 Å². The number of benzene rings is 1. The lowest BCUT2D eigenvalue weighted by Crippen LogP contribution is -2.32. The summed E-state index contributed by atoms with van der Waals surface area (Å²) in [6, 6.07) is 9.78. The van der Waals surface area contributed by atoms with Crippen LogP contribution in [0.4, 0.5) is 0 Å². The van der Waals surface area contributed by atoms with Crippen LogP contribution in [0.3, 0.4) is 0 Å². The summed E-state index contributed by atoms with van der Waals surface area (Å²) in [5.74, 6) is -0.785. The van der Waals surface area contributed by atoms with Gasteiger partial charge in [0.05, 0.1) is 26.1 Å². The molecule has 2 rings (SSSR count). The Morgan fingerprint density at radius 1 is 1.09 bits per heavy atom. The van der Waals surface area contributed by atoms with E-state index >= 15 is 0 Å². The third-order valence-electron chi connectivity index (χ3n) is 3.13. The molecule has 1 aromatic rings. The molecule has 0 N–H and O–H groups in total. The largest absolute Gasteiger partial charge is 0.374 e. The summed E-state index contributed by atoms with van der Waals surface area (Å²) >= 11 is 0. The maximum atomic E-state index is 11.1. The lowest BCUT2D eigenvalue weighted by Gasteiger charge is -2.16. The Labute approximate surface area is 131 Å². The molecule has 1 aliphatic heterocycles. The van der Waals surface area contributed by atoms with Gasteiger partial charge in [-0.15, -0.1) is 0 Å². The fourth-order valence-electron chi connectivity index (χ4n) is 2.25. The van der Waals surface area contributed by atoms with E-state index in [0.29, 0.717) is 13.2 Å². The first-order chi connectivity index (χ1) is 10.3. The van der Waals surface area contributed by atoms with E-state index in [0.717, 1.165) is 11.8 Å². The van der Waals surface area contributed by atoms with E-state index in [1.807, 2.05) is 30.3 Å². The van der Waals surface area contributed by atoms with Crippen LogP contribution in [-0.2, 0) is 35.1 Å². The third-order valence-corrected chi connectivity index (χ3v) is 3.69. The van der Waals surface area contributed by atoms with E-state index in [1.54, 1.807) is 13.8 Å². The van der Waals surface area contributed by atoms with Crippen LogP contribution >= 0.6 is 0 Å². The van der Waals surface area contributed by atoms with Gasteiger partial charge < -0.3 is 14.2 Å². The molecular weight excluding hydrogens is 308 g/mol. The van der Waals surface area contributed by atoms with Crippen LogP contribution in [0.2, 0.25) is 0 Å². The van der Waals surface area contributed by atoms with Crippen LogP contribution in [0.25, 0.3) is 0 Å². The second-order valence-electron chi connectivity index (χ2n) is 5.70. The average molecular weight is 330 g/mol. The van der Waals surface area contributed by atoms with Crippen molar-refractivity contribution in [1.29, 1.82) is 0 Å². The molecule has 7 heteroatoms. The van der Waals surface area contributed by atoms with Crippen molar-refractivity contribution in [2.45, 2.75) is 38.4 Å². The first kappa shape index (κ1) is 17.4. The van der Waals surface area contributed by atoms with Gasteiger partial charge >= 0.3 is 0 Å². The zero-order valence-electron chi connectivity index (χ0n) is 13.0. The number of ether oxygens (including phenoxy) is 3. The van der Waals surface area contributed by atoms with Crippen LogP contribution in [0.15, 0.2) is 30.3 Å². The zero-order chi connectivity index (χ0) is 16.2. The molecule has 1 aliphatic rings. The summed E-state index contributed by atoms with van der Waals surface area (Å²) in [7, 11) is -3.51. The third kappa shape index (κ3) is 5.66. The first-order valence-corrected chi connectivity index (χ1v) is 8.88. The molecule has 1 saturated heterocycles. The van der Waals surface area contributed by atoms with E-state index in [1.165, 1.54) is 0 Å². The SMILES string of the molecule is CC1(C)O[C@H](COCc2ccccc2)[C@@H](COS(C)(=O)=O)O1. The maximum Gasteiger partial charge on any atom is 0.264 e. The van der Waals surface area contributed by atoms with E-state index in [9.17, 15) is 8.42 Å². The molecule has 124 valence electrons. The molecule has 0 unspecified atom stereocenters. The second kappa shape index (κ2) is 7.06. The Morgan fingerprint density at radius 3 is 2.27 bits per heavy atom. The van der Waals surface area contributed by atoms with Gasteiger partial charge in [0, 0.05) is 0 Å². The second-order valence-corrected chi connectivity index (χ2v) is 7.35. The van der Waals surface area contributed by atoms with Gasteiger partial charge in [-0.2, -0.15) is 8.42 Å². The molecule has 0 aromatic heterocycles. The van der Waals surface area contributed by atoms with E-state index in [2.05, 4.69) is 0 Å². The topological polar surface area (TPSA) is 71.1 Å². The molecule has 0 radical (unpaired) electrons. The highest BCUT2D eigenvalue weighted by atomic mass is 32.2. The highest BCUT2D eigenvalue weighted by molar-refractivity contribution is 7.85. The van der Waals surface area contributed by atoms with Crippen molar-refractivity contribution in [1.82, 2.24) is 0 Å². The predicted octanol–water partition coefficient (Wildman–Crippen LogP) is 1.70. The fraction of sp³-hybridized carbons (Fsp3) is 0.600. The molecule has 2 atom stereocenters. The molecule has 0 saturated carbocycles. The fourth-order valence-corrected chi connectivity index (χ4v) is 2.63. The molecule has 0 aliphatic carbocycles. The Bertz CT molecular complexity index is 569. The molecule has 0 amide bonds. The summed E-state index contributed by atoms with van der Waals surface area (Å²) in [6.07, 6.45) is 0.149. The summed E-state index contributed by atoms with van der Waals surface area (Å²) in [5, 5.41) is 0. The van der Waals surface area contributed by atoms with Gasteiger partial charge in [-0.1, -0.05) is 30.3 Å². The Balaban J connectivity index is 1.86. The van der Waals surface area contributed by atoms with Crippen LogP contribution in [0.5, 0.6) is 0 Å². The maximum absolute atomic E-state index is 11.1. The highest BCUT2D eigenvalue weighted by Crippen LogP contribution is 2.29. The molecule has 0 bridgehead atoms. The monoisotopic (exact) mass is 330 g/mol. The molecule has 1 fully saturated rings. The van der Waals surface area contributed by atoms with Crippen LogP contribution in [0, 0.1) is 0 Å². The van der Waals surface area contributed by atoms with Crippen LogP contribution < -0.4 is 0 Å². The van der Waals surface area contributed by atoms with Crippen molar-refractivity contribution in [2.24, 2.45) is 0 Å². The van der Waals surface area contributed by atoms with E-state index in [-0.39, 0.29) is 12.7 Å². The van der Waals surface area contributed by atoms with Crippen molar-refractivity contribution < 1.29 is 26.8 Å². The molecule has 22 heavy (non-hydrogen) atoms. The Hall–Kier alpha value is -0.990. The van der Waals surface area contributed by atoms with E-state index < -0.39 is 22.0 Å². The van der Waals surface area contributed by atoms with Crippen molar-refractivity contribution >= 4 is 10.1 Å². The normalized spacial score (nSPS) is 24.5. The van der Waals surface area contributed by atoms with Crippen molar-refractivity contribution in [2.75, 3.05) is 19.5 Å². The van der Waals surface area contributed by atoms with Gasteiger partial charge in [-0.05, 0) is 19.4 Å². The number of rotatable bonds is 7. The summed E-state index contributed by atoms with van der Waals surface area (Å²) < 4.78 is 44.1. The Kier molecular flexibility index (Phi) is 5.57. The summed E-state index contributed by atoms with van der Waals surface area (Å²) in [6.45, 7) is 4.23. The van der Waals surface area contributed by atoms with E-state index in [4.69, 9.17) is 18.4 Å². The van der Waals surface area contributed by atoms with Gasteiger partial charge in [0.25, 0.3) is 10.1 Å². The smallest absolute Gasteiger partial charge is 0.264 e. The minimum absolute atomic E-state index is 0.0817. The number of hydrogen-bond donors (Lipinski definition) is 0. The lowest BCUT2D eigenvalue weighted by atomic mass is 10.2. The van der Waals surface area contributed by atoms with Crippen LogP contribution in [0.1, 0.15) is 19.4 Å². The highest BCUT2D eigenvalue weighted by Gasteiger charge is 2.41. The minimum atomic E-state index is -3.51. The van der Waals surface area contributed by atoms with Gasteiger partial charge in [-0.3, -0.25) is 4.18 Å². The van der Waals surface area contributed by atoms with Crippen molar-refractivity contribution in [3.63, 3.8) is 0 Å². The standard InChI is InChI=1S/C15H22O6S/c1-15(2)20-13(14(21-15)11-19-22(3,16)17)10-18-9-12-7-5-4-6-8-12/h4-8,13-14H,9-11H2,1-3H3/t13-,14-/m1/s1. The van der Waals surface area contributed by atoms with Gasteiger partial charge in [0.2, 0.25) is 0 Å². The first-order valence-electron chi connectivity index (χ1n) is 7.07. The van der Waals surface area contributed by atoms with Gasteiger partial charge in [0.1, 0.15) is 12.2 Å². The predicted molar refractivity (Wildman–Crippen MR) is 80.7 cm³/mol. The average Bonchev–Trinajstić information content (AvgIpc) is 2.71. The minimum Gasteiger partial charge on any atom is -0.374 e. The number of hydrogen-bond acceptors (Lipinski definition) is 6. The molecule has 0 spiro atoms. The molecule has 6 nitrogen and oxygen atoms in total. The summed E-state index contributed by atoms with van der Waals surface area (Å²) in [5.41, 5.74) is 1.06. The van der Waals surface area contributed by atoms with Gasteiger partial charge in [-0.25, -0.2) is 0 Å². The van der Waals surface area contributed by atoms with Crippen LogP contribution in [-0.4, -0.2) is 45.9 Å².